The zero-order chi connectivity index (χ0) is 18.4. The van der Waals surface area contributed by atoms with Crippen molar-refractivity contribution in [2.24, 2.45) is 5.41 Å². The first-order valence-corrected chi connectivity index (χ1v) is 9.39. The number of rotatable bonds is 9. The predicted molar refractivity (Wildman–Crippen MR) is 98.0 cm³/mol. The van der Waals surface area contributed by atoms with Gasteiger partial charge in [-0.2, -0.15) is 5.26 Å². The van der Waals surface area contributed by atoms with Gasteiger partial charge in [-0.05, 0) is 63.0 Å². The summed E-state index contributed by atoms with van der Waals surface area (Å²) >= 11 is 0. The zero-order valence-electron chi connectivity index (χ0n) is 15.1. The van der Waals surface area contributed by atoms with Crippen LogP contribution >= 0.6 is 0 Å². The second-order valence-electron chi connectivity index (χ2n) is 7.57. The number of nitriles is 1. The van der Waals surface area contributed by atoms with Crippen LogP contribution in [0, 0.1) is 16.7 Å². The number of carbonyl (C=O) groups is 1. The van der Waals surface area contributed by atoms with Gasteiger partial charge in [0.25, 0.3) is 0 Å². The van der Waals surface area contributed by atoms with Crippen LogP contribution in [0.3, 0.4) is 0 Å². The van der Waals surface area contributed by atoms with Crippen LogP contribution in [0.2, 0.25) is 0 Å². The Balaban J connectivity index is 1.55. The van der Waals surface area contributed by atoms with E-state index in [2.05, 4.69) is 16.3 Å². The number of piperidine rings is 1. The Bertz CT molecular complexity index is 641. The fraction of sp³-hybridized carbons (Fsp3) is 0.600. The molecular weight excluding hydrogens is 330 g/mol. The lowest BCUT2D eigenvalue weighted by Crippen LogP contribution is -2.48. The van der Waals surface area contributed by atoms with E-state index in [1.807, 2.05) is 12.1 Å². The van der Waals surface area contributed by atoms with Crippen LogP contribution in [0.4, 0.5) is 0 Å². The smallest absolute Gasteiger partial charge is 0.304 e. The molecule has 0 spiro atoms. The van der Waals surface area contributed by atoms with Crippen molar-refractivity contribution in [2.75, 3.05) is 32.8 Å². The quantitative estimate of drug-likeness (QED) is 0.705. The standard InChI is InChI=1S/C20H27N3O3/c21-13-16-1-5-18(6-2-16)26-15-20(14-22-17-3-4-17)8-11-23(12-9-20)10-7-19(24)25/h1-2,5-6,17,22H,3-4,7-12,14-15H2,(H,24,25). The minimum atomic E-state index is -0.735. The van der Waals surface area contributed by atoms with Crippen LogP contribution < -0.4 is 10.1 Å². The van der Waals surface area contributed by atoms with E-state index in [0.717, 1.165) is 38.2 Å². The predicted octanol–water partition coefficient (Wildman–Crippen LogP) is 2.25. The zero-order valence-corrected chi connectivity index (χ0v) is 15.1. The Kier molecular flexibility index (Phi) is 6.12. The summed E-state index contributed by atoms with van der Waals surface area (Å²) in [6.45, 7) is 4.04. The summed E-state index contributed by atoms with van der Waals surface area (Å²) in [5.41, 5.74) is 0.713. The van der Waals surface area contributed by atoms with Gasteiger partial charge in [-0.3, -0.25) is 4.79 Å². The molecule has 1 saturated heterocycles. The van der Waals surface area contributed by atoms with Crippen LogP contribution in [0.5, 0.6) is 5.75 Å². The molecule has 2 N–H and O–H groups in total. The number of carboxylic acid groups (broad SMARTS) is 1. The van der Waals surface area contributed by atoms with Crippen molar-refractivity contribution in [3.05, 3.63) is 29.8 Å². The molecule has 0 amide bonds. The number of likely N-dealkylation sites (tertiary alicyclic amines) is 1. The second kappa shape index (κ2) is 8.52. The first-order valence-electron chi connectivity index (χ1n) is 9.39. The maximum absolute atomic E-state index is 10.8. The van der Waals surface area contributed by atoms with E-state index in [1.165, 1.54) is 12.8 Å². The van der Waals surface area contributed by atoms with E-state index in [4.69, 9.17) is 15.1 Å². The van der Waals surface area contributed by atoms with Gasteiger partial charge in [0.1, 0.15) is 5.75 Å². The summed E-state index contributed by atoms with van der Waals surface area (Å²) in [5, 5.41) is 21.4. The molecule has 26 heavy (non-hydrogen) atoms. The van der Waals surface area contributed by atoms with Crippen LogP contribution in [-0.2, 0) is 4.79 Å². The fourth-order valence-electron chi connectivity index (χ4n) is 3.39. The Morgan fingerprint density at radius 1 is 1.31 bits per heavy atom. The average Bonchev–Trinajstić information content (AvgIpc) is 3.49. The van der Waals surface area contributed by atoms with Crippen LogP contribution in [0.25, 0.3) is 0 Å². The molecule has 0 bridgehead atoms. The molecular formula is C20H27N3O3. The van der Waals surface area contributed by atoms with E-state index in [-0.39, 0.29) is 11.8 Å². The van der Waals surface area contributed by atoms with E-state index in [1.54, 1.807) is 12.1 Å². The molecule has 1 heterocycles. The van der Waals surface area contributed by atoms with Gasteiger partial charge in [-0.1, -0.05) is 0 Å². The molecule has 1 aliphatic carbocycles. The lowest BCUT2D eigenvalue weighted by molar-refractivity contribution is -0.137. The third-order valence-electron chi connectivity index (χ3n) is 5.43. The third-order valence-corrected chi connectivity index (χ3v) is 5.43. The molecule has 6 nitrogen and oxygen atoms in total. The van der Waals surface area contributed by atoms with Crippen LogP contribution in [-0.4, -0.2) is 54.8 Å². The van der Waals surface area contributed by atoms with E-state index < -0.39 is 5.97 Å². The summed E-state index contributed by atoms with van der Waals surface area (Å²) in [6.07, 6.45) is 4.73. The minimum absolute atomic E-state index is 0.0796. The molecule has 3 rings (SSSR count). The van der Waals surface area contributed by atoms with Crippen molar-refractivity contribution in [3.63, 3.8) is 0 Å². The number of nitrogens with one attached hydrogen (secondary N) is 1. The largest absolute Gasteiger partial charge is 0.493 e. The highest BCUT2D eigenvalue weighted by molar-refractivity contribution is 5.66. The molecule has 2 aliphatic rings. The van der Waals surface area contributed by atoms with Crippen LogP contribution in [0.1, 0.15) is 37.7 Å². The van der Waals surface area contributed by atoms with Crippen LogP contribution in [0.15, 0.2) is 24.3 Å². The number of carboxylic acids is 1. The summed E-state index contributed by atoms with van der Waals surface area (Å²) < 4.78 is 6.07. The molecule has 0 radical (unpaired) electrons. The van der Waals surface area contributed by atoms with Gasteiger partial charge in [0.05, 0.1) is 24.7 Å². The molecule has 0 atom stereocenters. The summed E-state index contributed by atoms with van der Waals surface area (Å²) in [4.78, 5) is 13.0. The highest BCUT2D eigenvalue weighted by atomic mass is 16.5. The Morgan fingerprint density at radius 3 is 2.58 bits per heavy atom. The number of hydrogen-bond donors (Lipinski definition) is 2. The maximum atomic E-state index is 10.8. The summed E-state index contributed by atoms with van der Waals surface area (Å²) in [7, 11) is 0. The second-order valence-corrected chi connectivity index (χ2v) is 7.57. The summed E-state index contributed by atoms with van der Waals surface area (Å²) in [5.74, 6) is 0.0597. The van der Waals surface area contributed by atoms with E-state index in [0.29, 0.717) is 24.8 Å². The third kappa shape index (κ3) is 5.45. The molecule has 6 heteroatoms. The Labute approximate surface area is 154 Å². The molecule has 1 aliphatic heterocycles. The summed E-state index contributed by atoms with van der Waals surface area (Å²) in [6, 6.07) is 10.0. The van der Waals surface area contributed by atoms with E-state index in [9.17, 15) is 4.79 Å². The molecule has 140 valence electrons. The molecule has 1 aromatic carbocycles. The number of hydrogen-bond acceptors (Lipinski definition) is 5. The normalized spacial score (nSPS) is 19.7. The lowest BCUT2D eigenvalue weighted by atomic mass is 9.78. The van der Waals surface area contributed by atoms with Gasteiger partial charge in [-0.15, -0.1) is 0 Å². The number of ether oxygens (including phenoxy) is 1. The first-order chi connectivity index (χ1) is 12.6. The van der Waals surface area contributed by atoms with Gasteiger partial charge in [0.15, 0.2) is 0 Å². The van der Waals surface area contributed by atoms with Crippen molar-refractivity contribution < 1.29 is 14.6 Å². The molecule has 1 saturated carbocycles. The van der Waals surface area contributed by atoms with Crippen molar-refractivity contribution in [1.82, 2.24) is 10.2 Å². The van der Waals surface area contributed by atoms with Crippen molar-refractivity contribution >= 4 is 5.97 Å². The van der Waals surface area contributed by atoms with Crippen molar-refractivity contribution in [1.29, 1.82) is 5.26 Å². The number of nitrogens with zero attached hydrogens (tertiary/aromatic N) is 2. The first kappa shape index (κ1) is 18.7. The number of aliphatic carboxylic acids is 1. The maximum Gasteiger partial charge on any atom is 0.304 e. The molecule has 0 unspecified atom stereocenters. The topological polar surface area (TPSA) is 85.6 Å². The van der Waals surface area contributed by atoms with E-state index >= 15 is 0 Å². The number of benzene rings is 1. The lowest BCUT2D eigenvalue weighted by Gasteiger charge is -2.41. The van der Waals surface area contributed by atoms with Gasteiger partial charge in [0, 0.05) is 24.5 Å². The van der Waals surface area contributed by atoms with Crippen molar-refractivity contribution in [3.8, 4) is 11.8 Å². The van der Waals surface area contributed by atoms with Gasteiger partial charge in [-0.25, -0.2) is 0 Å². The average molecular weight is 357 g/mol. The van der Waals surface area contributed by atoms with Gasteiger partial charge < -0.3 is 20.1 Å². The van der Waals surface area contributed by atoms with Gasteiger partial charge in [0.2, 0.25) is 0 Å². The molecule has 0 aromatic heterocycles. The molecule has 2 fully saturated rings. The Morgan fingerprint density at radius 2 is 2.00 bits per heavy atom. The SMILES string of the molecule is N#Cc1ccc(OCC2(CNC3CC3)CCN(CCC(=O)O)CC2)cc1. The van der Waals surface area contributed by atoms with Gasteiger partial charge >= 0.3 is 5.97 Å². The Hall–Kier alpha value is -2.10. The highest BCUT2D eigenvalue weighted by Crippen LogP contribution is 2.33. The minimum Gasteiger partial charge on any atom is -0.493 e. The highest BCUT2D eigenvalue weighted by Gasteiger charge is 2.37. The van der Waals surface area contributed by atoms with Crippen molar-refractivity contribution in [2.45, 2.75) is 38.1 Å². The monoisotopic (exact) mass is 357 g/mol. The fourth-order valence-corrected chi connectivity index (χ4v) is 3.39. The molecule has 1 aromatic rings.